The van der Waals surface area contributed by atoms with E-state index >= 15 is 0 Å². The standard InChI is InChI=1S/C19H29N3O/c1-3-20-18(21-13-16(2)17-7-5-4-6-8-17)22-11-9-19(14-22)10-12-23-15-19/h4-8,16H,3,9-15H2,1-2H3,(H,20,21). The van der Waals surface area contributed by atoms with Crippen LogP contribution in [0.5, 0.6) is 0 Å². The molecule has 126 valence electrons. The second-order valence-corrected chi connectivity index (χ2v) is 6.98. The van der Waals surface area contributed by atoms with Gasteiger partial charge in [-0.2, -0.15) is 0 Å². The molecule has 1 spiro atoms. The van der Waals surface area contributed by atoms with Crippen molar-refractivity contribution in [2.45, 2.75) is 32.6 Å². The molecule has 2 saturated heterocycles. The molecule has 2 fully saturated rings. The normalized spacial score (nSPS) is 26.0. The highest BCUT2D eigenvalue weighted by Crippen LogP contribution is 2.38. The van der Waals surface area contributed by atoms with Gasteiger partial charge in [-0.05, 0) is 25.3 Å². The topological polar surface area (TPSA) is 36.9 Å². The maximum absolute atomic E-state index is 5.64. The number of likely N-dealkylation sites (tertiary alicyclic amines) is 1. The van der Waals surface area contributed by atoms with Gasteiger partial charge < -0.3 is 15.0 Å². The molecular formula is C19H29N3O. The number of nitrogens with one attached hydrogen (secondary N) is 1. The monoisotopic (exact) mass is 315 g/mol. The van der Waals surface area contributed by atoms with E-state index in [2.05, 4.69) is 54.4 Å². The Bertz CT molecular complexity index is 523. The van der Waals surface area contributed by atoms with Crippen molar-refractivity contribution in [1.29, 1.82) is 0 Å². The number of hydrogen-bond acceptors (Lipinski definition) is 2. The van der Waals surface area contributed by atoms with Crippen LogP contribution in [-0.4, -0.2) is 50.3 Å². The lowest BCUT2D eigenvalue weighted by Crippen LogP contribution is -2.41. The molecule has 0 saturated carbocycles. The van der Waals surface area contributed by atoms with E-state index in [9.17, 15) is 0 Å². The molecule has 2 aliphatic rings. The van der Waals surface area contributed by atoms with Crippen molar-refractivity contribution < 1.29 is 4.74 Å². The van der Waals surface area contributed by atoms with Crippen LogP contribution in [0.25, 0.3) is 0 Å². The number of rotatable bonds is 4. The van der Waals surface area contributed by atoms with Crippen LogP contribution in [0.2, 0.25) is 0 Å². The van der Waals surface area contributed by atoms with E-state index in [1.54, 1.807) is 0 Å². The zero-order valence-corrected chi connectivity index (χ0v) is 14.4. The molecule has 1 N–H and O–H groups in total. The summed E-state index contributed by atoms with van der Waals surface area (Å²) in [4.78, 5) is 7.34. The van der Waals surface area contributed by atoms with Crippen LogP contribution in [-0.2, 0) is 4.74 Å². The average molecular weight is 315 g/mol. The largest absolute Gasteiger partial charge is 0.381 e. The number of hydrogen-bond donors (Lipinski definition) is 1. The summed E-state index contributed by atoms with van der Waals surface area (Å²) in [7, 11) is 0. The first-order valence-electron chi connectivity index (χ1n) is 8.88. The Balaban J connectivity index is 1.64. The quantitative estimate of drug-likeness (QED) is 0.686. The van der Waals surface area contributed by atoms with Crippen LogP contribution >= 0.6 is 0 Å². The van der Waals surface area contributed by atoms with Crippen LogP contribution in [0.15, 0.2) is 35.3 Å². The third kappa shape index (κ3) is 3.86. The van der Waals surface area contributed by atoms with Crippen molar-refractivity contribution in [2.24, 2.45) is 10.4 Å². The molecule has 2 heterocycles. The predicted octanol–water partition coefficient (Wildman–Crippen LogP) is 2.87. The third-order valence-electron chi connectivity index (χ3n) is 5.14. The fourth-order valence-electron chi connectivity index (χ4n) is 3.62. The second kappa shape index (κ2) is 7.35. The molecule has 3 rings (SSSR count). The van der Waals surface area contributed by atoms with E-state index in [0.29, 0.717) is 11.3 Å². The van der Waals surface area contributed by atoms with Gasteiger partial charge in [0, 0.05) is 44.1 Å². The first-order valence-corrected chi connectivity index (χ1v) is 8.88. The molecule has 0 bridgehead atoms. The minimum Gasteiger partial charge on any atom is -0.381 e. The molecule has 0 amide bonds. The fourth-order valence-corrected chi connectivity index (χ4v) is 3.62. The molecule has 1 aromatic rings. The van der Waals surface area contributed by atoms with Gasteiger partial charge in [0.25, 0.3) is 0 Å². The number of guanidine groups is 1. The highest BCUT2D eigenvalue weighted by atomic mass is 16.5. The minimum absolute atomic E-state index is 0.376. The predicted molar refractivity (Wildman–Crippen MR) is 94.9 cm³/mol. The summed E-state index contributed by atoms with van der Waals surface area (Å²) < 4.78 is 5.64. The smallest absolute Gasteiger partial charge is 0.193 e. The highest BCUT2D eigenvalue weighted by molar-refractivity contribution is 5.80. The summed E-state index contributed by atoms with van der Waals surface area (Å²) >= 11 is 0. The van der Waals surface area contributed by atoms with E-state index in [-0.39, 0.29) is 0 Å². The molecule has 2 atom stereocenters. The number of benzene rings is 1. The van der Waals surface area contributed by atoms with Crippen molar-refractivity contribution >= 4 is 5.96 Å². The second-order valence-electron chi connectivity index (χ2n) is 6.98. The van der Waals surface area contributed by atoms with E-state index in [1.165, 1.54) is 18.4 Å². The lowest BCUT2D eigenvalue weighted by atomic mass is 9.87. The molecule has 2 aliphatic heterocycles. The van der Waals surface area contributed by atoms with Crippen LogP contribution in [0.4, 0.5) is 0 Å². The Hall–Kier alpha value is -1.55. The van der Waals surface area contributed by atoms with E-state index < -0.39 is 0 Å². The third-order valence-corrected chi connectivity index (χ3v) is 5.14. The molecule has 23 heavy (non-hydrogen) atoms. The molecule has 0 radical (unpaired) electrons. The van der Waals surface area contributed by atoms with Crippen molar-refractivity contribution in [3.8, 4) is 0 Å². The van der Waals surface area contributed by atoms with Crippen LogP contribution in [0, 0.1) is 5.41 Å². The molecule has 2 unspecified atom stereocenters. The van der Waals surface area contributed by atoms with Crippen molar-refractivity contribution in [2.75, 3.05) is 39.4 Å². The lowest BCUT2D eigenvalue weighted by Gasteiger charge is -2.25. The zero-order valence-electron chi connectivity index (χ0n) is 14.4. The number of ether oxygens (including phenoxy) is 1. The van der Waals surface area contributed by atoms with Crippen molar-refractivity contribution in [1.82, 2.24) is 10.2 Å². The Kier molecular flexibility index (Phi) is 5.21. The van der Waals surface area contributed by atoms with Crippen molar-refractivity contribution in [3.05, 3.63) is 35.9 Å². The molecule has 0 aromatic heterocycles. The highest BCUT2D eigenvalue weighted by Gasteiger charge is 2.42. The van der Waals surface area contributed by atoms with Gasteiger partial charge >= 0.3 is 0 Å². The number of aliphatic imine (C=N–C) groups is 1. The van der Waals surface area contributed by atoms with Gasteiger partial charge in [-0.1, -0.05) is 37.3 Å². The molecule has 4 heteroatoms. The van der Waals surface area contributed by atoms with E-state index in [4.69, 9.17) is 9.73 Å². The average Bonchev–Trinajstić information content (AvgIpc) is 3.22. The van der Waals surface area contributed by atoms with Gasteiger partial charge in [0.2, 0.25) is 0 Å². The summed E-state index contributed by atoms with van der Waals surface area (Å²) in [6.45, 7) is 10.1. The van der Waals surface area contributed by atoms with Gasteiger partial charge in [-0.25, -0.2) is 0 Å². The van der Waals surface area contributed by atoms with Crippen LogP contribution in [0.3, 0.4) is 0 Å². The molecule has 1 aromatic carbocycles. The van der Waals surface area contributed by atoms with Gasteiger partial charge in [-0.3, -0.25) is 4.99 Å². The maximum Gasteiger partial charge on any atom is 0.193 e. The van der Waals surface area contributed by atoms with Gasteiger partial charge in [0.1, 0.15) is 0 Å². The molecule has 0 aliphatic carbocycles. The van der Waals surface area contributed by atoms with Gasteiger partial charge in [0.05, 0.1) is 6.61 Å². The molecular weight excluding hydrogens is 286 g/mol. The van der Waals surface area contributed by atoms with Crippen LogP contribution in [0.1, 0.15) is 38.2 Å². The number of nitrogens with zero attached hydrogens (tertiary/aromatic N) is 2. The summed E-state index contributed by atoms with van der Waals surface area (Å²) in [5.41, 5.74) is 1.73. The van der Waals surface area contributed by atoms with E-state index in [1.807, 2.05) is 0 Å². The lowest BCUT2D eigenvalue weighted by molar-refractivity contribution is 0.156. The minimum atomic E-state index is 0.376. The summed E-state index contributed by atoms with van der Waals surface area (Å²) in [5, 5.41) is 3.47. The Morgan fingerprint density at radius 3 is 2.87 bits per heavy atom. The SMILES string of the molecule is CCNC(=NCC(C)c1ccccc1)N1CCC2(CCOC2)C1. The zero-order chi connectivity index (χ0) is 16.1. The first kappa shape index (κ1) is 16.3. The first-order chi connectivity index (χ1) is 11.2. The Morgan fingerprint density at radius 2 is 2.17 bits per heavy atom. The fraction of sp³-hybridized carbons (Fsp3) is 0.632. The summed E-state index contributed by atoms with van der Waals surface area (Å²) in [5.74, 6) is 1.51. The van der Waals surface area contributed by atoms with E-state index in [0.717, 1.165) is 45.4 Å². The van der Waals surface area contributed by atoms with Gasteiger partial charge in [-0.15, -0.1) is 0 Å². The van der Waals surface area contributed by atoms with Gasteiger partial charge in [0.15, 0.2) is 5.96 Å². The summed E-state index contributed by atoms with van der Waals surface area (Å²) in [6.07, 6.45) is 2.43. The van der Waals surface area contributed by atoms with Crippen LogP contribution < -0.4 is 5.32 Å². The summed E-state index contributed by atoms with van der Waals surface area (Å²) in [6, 6.07) is 10.6. The van der Waals surface area contributed by atoms with Crippen molar-refractivity contribution in [3.63, 3.8) is 0 Å². The Morgan fingerprint density at radius 1 is 1.35 bits per heavy atom. The Labute approximate surface area is 139 Å². The molecule has 4 nitrogen and oxygen atoms in total. The maximum atomic E-state index is 5.64.